The number of benzene rings is 2. The van der Waals surface area contributed by atoms with E-state index in [-0.39, 0.29) is 0 Å². The molecule has 1 aromatic heterocycles. The minimum Gasteiger partial charge on any atom is -0.496 e. The van der Waals surface area contributed by atoms with Crippen molar-refractivity contribution in [2.45, 2.75) is 0 Å². The van der Waals surface area contributed by atoms with Gasteiger partial charge < -0.3 is 10.1 Å². The van der Waals surface area contributed by atoms with E-state index in [9.17, 15) is 4.79 Å². The van der Waals surface area contributed by atoms with E-state index in [4.69, 9.17) is 4.74 Å². The third-order valence-electron chi connectivity index (χ3n) is 3.04. The Bertz CT molecular complexity index is 862. The Hall–Kier alpha value is -3.00. The van der Waals surface area contributed by atoms with Crippen LogP contribution in [0.2, 0.25) is 0 Å². The quantitative estimate of drug-likeness (QED) is 0.569. The topological polar surface area (TPSA) is 88.5 Å². The lowest BCUT2D eigenvalue weighted by Crippen LogP contribution is -2.24. The van der Waals surface area contributed by atoms with Crippen LogP contribution in [-0.4, -0.2) is 28.1 Å². The average molecular weight is 327 g/mol. The first-order valence-corrected chi connectivity index (χ1v) is 7.45. The number of carbonyl (C=O) groups is 1. The van der Waals surface area contributed by atoms with Gasteiger partial charge in [-0.15, -0.1) is 0 Å². The number of nitrogens with zero attached hydrogens (tertiary/aromatic N) is 3. The summed E-state index contributed by atoms with van der Waals surface area (Å²) in [6.45, 7) is 0. The summed E-state index contributed by atoms with van der Waals surface area (Å²) in [5.74, 6) is 0.678. The summed E-state index contributed by atoms with van der Waals surface area (Å²) in [6, 6.07) is 12.3. The van der Waals surface area contributed by atoms with Crippen molar-refractivity contribution in [3.63, 3.8) is 0 Å². The van der Waals surface area contributed by atoms with Crippen LogP contribution in [-0.2, 0) is 0 Å². The third kappa shape index (κ3) is 3.43. The van der Waals surface area contributed by atoms with Gasteiger partial charge in [-0.1, -0.05) is 18.2 Å². The number of fused-ring (bicyclic) bond motifs is 1. The highest BCUT2D eigenvalue weighted by molar-refractivity contribution is 7.00. The maximum absolute atomic E-state index is 11.9. The average Bonchev–Trinajstić information content (AvgIpc) is 3.05. The molecule has 7 nitrogen and oxygen atoms in total. The number of anilines is 1. The summed E-state index contributed by atoms with van der Waals surface area (Å²) in [6.07, 6.45) is 1.52. The Balaban J connectivity index is 1.66. The molecule has 0 aliphatic rings. The van der Waals surface area contributed by atoms with E-state index in [2.05, 4.69) is 24.6 Å². The largest absolute Gasteiger partial charge is 0.496 e. The summed E-state index contributed by atoms with van der Waals surface area (Å²) < 4.78 is 13.5. The second-order valence-electron chi connectivity index (χ2n) is 4.50. The van der Waals surface area contributed by atoms with Crippen LogP contribution in [0.1, 0.15) is 5.56 Å². The van der Waals surface area contributed by atoms with E-state index < -0.39 is 6.03 Å². The predicted molar refractivity (Wildman–Crippen MR) is 90.2 cm³/mol. The van der Waals surface area contributed by atoms with Gasteiger partial charge in [-0.05, 0) is 24.3 Å². The molecule has 116 valence electrons. The maximum Gasteiger partial charge on any atom is 0.339 e. The lowest BCUT2D eigenvalue weighted by Gasteiger charge is -2.05. The number of para-hydroxylation sites is 1. The third-order valence-corrected chi connectivity index (χ3v) is 3.59. The number of hydrogen-bond acceptors (Lipinski definition) is 6. The molecule has 0 saturated heterocycles. The van der Waals surface area contributed by atoms with Gasteiger partial charge >= 0.3 is 6.03 Å². The van der Waals surface area contributed by atoms with E-state index in [1.54, 1.807) is 19.2 Å². The van der Waals surface area contributed by atoms with E-state index in [1.165, 1.54) is 6.21 Å². The molecule has 0 aliphatic heterocycles. The number of carbonyl (C=O) groups excluding carboxylic acids is 1. The van der Waals surface area contributed by atoms with E-state index >= 15 is 0 Å². The van der Waals surface area contributed by atoms with Crippen molar-refractivity contribution in [1.29, 1.82) is 0 Å². The summed E-state index contributed by atoms with van der Waals surface area (Å²) in [4.78, 5) is 11.9. The Labute approximate surface area is 136 Å². The van der Waals surface area contributed by atoms with Crippen LogP contribution in [0, 0.1) is 0 Å². The highest BCUT2D eigenvalue weighted by atomic mass is 32.1. The van der Waals surface area contributed by atoms with Gasteiger partial charge in [-0.3, -0.25) is 0 Å². The second-order valence-corrected chi connectivity index (χ2v) is 5.03. The first kappa shape index (κ1) is 14.9. The van der Waals surface area contributed by atoms with Crippen molar-refractivity contribution in [2.24, 2.45) is 5.10 Å². The van der Waals surface area contributed by atoms with Crippen LogP contribution in [0.15, 0.2) is 47.6 Å². The molecule has 0 spiro atoms. The second kappa shape index (κ2) is 6.84. The molecule has 2 N–H and O–H groups in total. The summed E-state index contributed by atoms with van der Waals surface area (Å²) in [5.41, 5.74) is 5.15. The van der Waals surface area contributed by atoms with Crippen LogP contribution in [0.4, 0.5) is 10.5 Å². The molecule has 2 amide bonds. The molecule has 8 heteroatoms. The zero-order chi connectivity index (χ0) is 16.1. The van der Waals surface area contributed by atoms with Crippen LogP contribution in [0.3, 0.4) is 0 Å². The fourth-order valence-corrected chi connectivity index (χ4v) is 2.54. The molecular weight excluding hydrogens is 314 g/mol. The molecule has 0 bridgehead atoms. The number of hydrazone groups is 1. The Morgan fingerprint density at radius 2 is 2.09 bits per heavy atom. The lowest BCUT2D eigenvalue weighted by atomic mass is 10.2. The number of methoxy groups -OCH3 is 1. The summed E-state index contributed by atoms with van der Waals surface area (Å²) >= 11 is 1.10. The molecule has 0 atom stereocenters. The highest BCUT2D eigenvalue weighted by Gasteiger charge is 2.07. The fourth-order valence-electron chi connectivity index (χ4n) is 1.99. The fraction of sp³-hybridized carbons (Fsp3) is 0.0667. The molecule has 0 saturated carbocycles. The first-order valence-electron chi connectivity index (χ1n) is 6.72. The predicted octanol–water partition coefficient (Wildman–Crippen LogP) is 2.86. The molecular formula is C15H13N5O2S. The minimum atomic E-state index is -0.461. The smallest absolute Gasteiger partial charge is 0.339 e. The normalized spacial score (nSPS) is 10.8. The Kier molecular flexibility index (Phi) is 4.44. The summed E-state index contributed by atoms with van der Waals surface area (Å²) in [5, 5.41) is 6.61. The number of amides is 2. The Morgan fingerprint density at radius 3 is 2.96 bits per heavy atom. The van der Waals surface area contributed by atoms with Crippen molar-refractivity contribution in [3.8, 4) is 5.75 Å². The van der Waals surface area contributed by atoms with Gasteiger partial charge in [0.25, 0.3) is 0 Å². The van der Waals surface area contributed by atoms with E-state index in [0.29, 0.717) is 17.0 Å². The molecule has 0 aliphatic carbocycles. The molecule has 0 fully saturated rings. The Morgan fingerprint density at radius 1 is 1.22 bits per heavy atom. The van der Waals surface area contributed by atoms with E-state index in [1.807, 2.05) is 30.3 Å². The molecule has 0 radical (unpaired) electrons. The van der Waals surface area contributed by atoms with Gasteiger partial charge in [0.1, 0.15) is 16.8 Å². The van der Waals surface area contributed by atoms with Gasteiger partial charge in [0.15, 0.2) is 0 Å². The van der Waals surface area contributed by atoms with Gasteiger partial charge in [0.2, 0.25) is 0 Å². The van der Waals surface area contributed by atoms with Gasteiger partial charge in [-0.2, -0.15) is 13.8 Å². The van der Waals surface area contributed by atoms with E-state index in [0.717, 1.165) is 22.8 Å². The van der Waals surface area contributed by atoms with Crippen molar-refractivity contribution in [2.75, 3.05) is 12.4 Å². The number of urea groups is 1. The summed E-state index contributed by atoms with van der Waals surface area (Å²) in [7, 11) is 1.58. The number of rotatable bonds is 4. The SMILES string of the molecule is COc1ccccc1/C=N/NC(=O)Nc1cccc2nsnc12. The lowest BCUT2D eigenvalue weighted by molar-refractivity contribution is 0.252. The van der Waals surface area contributed by atoms with Gasteiger partial charge in [0.05, 0.1) is 30.7 Å². The van der Waals surface area contributed by atoms with Crippen LogP contribution in [0.25, 0.3) is 11.0 Å². The molecule has 3 rings (SSSR count). The number of ether oxygens (including phenoxy) is 1. The minimum absolute atomic E-state index is 0.461. The number of aromatic nitrogens is 2. The first-order chi connectivity index (χ1) is 11.3. The standard InChI is InChI=1S/C15H13N5O2S/c1-22-13-8-3-2-5-10(13)9-16-18-15(21)17-11-6-4-7-12-14(11)20-23-19-12/h2-9H,1H3,(H2,17,18,21)/b16-9+. The molecule has 0 unspecified atom stereocenters. The van der Waals surface area contributed by atoms with Crippen LogP contribution < -0.4 is 15.5 Å². The highest BCUT2D eigenvalue weighted by Crippen LogP contribution is 2.20. The van der Waals surface area contributed by atoms with Crippen molar-refractivity contribution in [1.82, 2.24) is 14.2 Å². The number of hydrogen-bond donors (Lipinski definition) is 2. The zero-order valence-electron chi connectivity index (χ0n) is 12.2. The number of nitrogens with one attached hydrogen (secondary N) is 2. The molecule has 3 aromatic rings. The van der Waals surface area contributed by atoms with Crippen molar-refractivity contribution in [3.05, 3.63) is 48.0 Å². The van der Waals surface area contributed by atoms with Crippen molar-refractivity contribution < 1.29 is 9.53 Å². The maximum atomic E-state index is 11.9. The molecule has 1 heterocycles. The van der Waals surface area contributed by atoms with Gasteiger partial charge in [-0.25, -0.2) is 10.2 Å². The van der Waals surface area contributed by atoms with Gasteiger partial charge in [0, 0.05) is 5.56 Å². The molecule has 23 heavy (non-hydrogen) atoms. The van der Waals surface area contributed by atoms with Crippen LogP contribution >= 0.6 is 11.7 Å². The van der Waals surface area contributed by atoms with Crippen molar-refractivity contribution >= 4 is 40.7 Å². The molecule has 2 aromatic carbocycles. The monoisotopic (exact) mass is 327 g/mol. The van der Waals surface area contributed by atoms with Crippen LogP contribution in [0.5, 0.6) is 5.75 Å². The zero-order valence-corrected chi connectivity index (χ0v) is 13.0.